The predicted octanol–water partition coefficient (Wildman–Crippen LogP) is 24.5. The molecule has 22 aromatic rings. The van der Waals surface area contributed by atoms with Crippen molar-refractivity contribution >= 4 is 131 Å². The summed E-state index contributed by atoms with van der Waals surface area (Å²) >= 11 is 0. The van der Waals surface area contributed by atoms with Gasteiger partial charge in [-0.25, -0.2) is 29.9 Å². The summed E-state index contributed by atoms with van der Waals surface area (Å²) in [5.41, 5.74) is 25.9. The Morgan fingerprint density at radius 3 is 0.991 bits per heavy atom. The maximum atomic E-state index is 5.18. The van der Waals surface area contributed by atoms with E-state index in [1.165, 1.54) is 0 Å². The highest BCUT2D eigenvalue weighted by atomic mass is 14.8. The minimum atomic E-state index is 0.910. The topological polar surface area (TPSA) is 129 Å². The predicted molar refractivity (Wildman–Crippen MR) is 444 cm³/mol. The summed E-state index contributed by atoms with van der Waals surface area (Å²) < 4.78 is 0. The molecule has 0 saturated carbocycles. The number of aromatic nitrogens is 10. The number of benzene rings is 12. The first-order chi connectivity index (χ1) is 53.4. The molecule has 0 aliphatic heterocycles. The minimum Gasteiger partial charge on any atom is -0.256 e. The van der Waals surface area contributed by atoms with Gasteiger partial charge in [0.2, 0.25) is 0 Å². The van der Waals surface area contributed by atoms with Crippen LogP contribution in [0.5, 0.6) is 0 Å². The number of para-hydroxylation sites is 2. The number of pyridine rings is 10. The monoisotopic (exact) mass is 1370 g/mol. The zero-order valence-corrected chi connectivity index (χ0v) is 58.0. The van der Waals surface area contributed by atoms with Crippen LogP contribution in [0.3, 0.4) is 0 Å². The molecule has 12 aromatic carbocycles. The summed E-state index contributed by atoms with van der Waals surface area (Å²) in [5, 5.41) is 15.5. The Morgan fingerprint density at radius 2 is 0.472 bits per heavy atom. The molecule has 0 N–H and O–H groups in total. The van der Waals surface area contributed by atoms with E-state index in [-0.39, 0.29) is 0 Å². The number of hydrogen-bond donors (Lipinski definition) is 0. The van der Waals surface area contributed by atoms with E-state index in [0.29, 0.717) is 0 Å². The molecule has 0 amide bonds. The van der Waals surface area contributed by atoms with E-state index in [4.69, 9.17) is 29.9 Å². The van der Waals surface area contributed by atoms with Crippen molar-refractivity contribution in [3.63, 3.8) is 0 Å². The molecule has 10 heteroatoms. The van der Waals surface area contributed by atoms with Gasteiger partial charge in [0.1, 0.15) is 0 Å². The van der Waals surface area contributed by atoms with E-state index < -0.39 is 0 Å². The van der Waals surface area contributed by atoms with Gasteiger partial charge in [0, 0.05) is 112 Å². The van der Waals surface area contributed by atoms with E-state index >= 15 is 0 Å². The summed E-state index contributed by atoms with van der Waals surface area (Å²) in [6.07, 6.45) is 7.47. The second kappa shape index (κ2) is 25.6. The Hall–Kier alpha value is -14.7. The molecule has 0 atom stereocenters. The number of hydrogen-bond acceptors (Lipinski definition) is 10. The average molecular weight is 1380 g/mol. The van der Waals surface area contributed by atoms with Crippen molar-refractivity contribution in [1.82, 2.24) is 49.8 Å². The van der Waals surface area contributed by atoms with Gasteiger partial charge in [0.05, 0.1) is 89.3 Å². The SMILES string of the molecule is c1ccc2ncc(-c3ccc4ccc(-c5ccc6nc(-c7ccc(-c8ccc9ccc%10cccnc%10c9n8)c8ccccc78)ccc6c5)cc4n3)cc2c1.c1ccc2ncc(-c3ccc4ccc(-c5ccc6nc(-c7ccc8cc(-c9ccc%10ccc%11cccnc%11c%10n9)ccc8c7)ccc6c5)cc4n3)cc2c1. The summed E-state index contributed by atoms with van der Waals surface area (Å²) in [5.74, 6) is 0. The quantitative estimate of drug-likeness (QED) is 0.136. The lowest BCUT2D eigenvalue weighted by Crippen LogP contribution is -1.92. The fraction of sp³-hybridized carbons (Fsp3) is 0. The largest absolute Gasteiger partial charge is 0.256 e. The molecule has 500 valence electrons. The maximum absolute atomic E-state index is 5.18. The third-order valence-corrected chi connectivity index (χ3v) is 21.0. The molecule has 0 spiro atoms. The van der Waals surface area contributed by atoms with Gasteiger partial charge in [-0.15, -0.1) is 0 Å². The fourth-order valence-corrected chi connectivity index (χ4v) is 15.3. The van der Waals surface area contributed by atoms with Crippen molar-refractivity contribution in [2.45, 2.75) is 0 Å². The minimum absolute atomic E-state index is 0.910. The van der Waals surface area contributed by atoms with Gasteiger partial charge in [-0.05, 0) is 165 Å². The van der Waals surface area contributed by atoms with Crippen molar-refractivity contribution in [2.75, 3.05) is 0 Å². The number of fused-ring (bicyclic) bond motifs is 14. The molecular formula is C98H58N10. The summed E-state index contributed by atoms with van der Waals surface area (Å²) in [6.45, 7) is 0. The fourth-order valence-electron chi connectivity index (χ4n) is 15.3. The van der Waals surface area contributed by atoms with Gasteiger partial charge in [-0.3, -0.25) is 19.9 Å². The first-order valence-electron chi connectivity index (χ1n) is 36.1. The Kier molecular flexibility index (Phi) is 14.7. The second-order valence-corrected chi connectivity index (χ2v) is 27.6. The van der Waals surface area contributed by atoms with E-state index in [2.05, 4.69) is 299 Å². The molecule has 0 fully saturated rings. The molecule has 10 aromatic heterocycles. The van der Waals surface area contributed by atoms with Crippen LogP contribution in [-0.4, -0.2) is 49.8 Å². The Balaban J connectivity index is 0.000000138. The van der Waals surface area contributed by atoms with Gasteiger partial charge >= 0.3 is 0 Å². The van der Waals surface area contributed by atoms with E-state index in [1.807, 2.05) is 73.3 Å². The standard InChI is InChI=1S/2C49H29N5/c1-4-10-42-35(6-1)27-37(29-51-42)44-21-15-30-11-14-34(28-47(30)53-44)33-17-22-43-36(26-33)18-24-45(52-43)40-19-20-41(39-9-3-2-8-38(39)40)46-23-16-32-13-12-31-7-5-25-50-48(31)49(32)54-46;1-2-6-42-37(4-1)27-41(29-51-42)46-19-15-30-7-10-36(28-47(30)53-46)35-17-21-43-40(26-35)18-22-44(52-43)38-13-11-34-25-39(14-12-33(34)24-38)45-20-16-32-9-8-31-5-3-23-50-48(31)49(32)54-45/h2*1-29H. The molecule has 0 bridgehead atoms. The van der Waals surface area contributed by atoms with Crippen molar-refractivity contribution < 1.29 is 0 Å². The number of nitrogens with zero attached hydrogens (tertiary/aromatic N) is 10. The van der Waals surface area contributed by atoms with Gasteiger partial charge < -0.3 is 0 Å². The van der Waals surface area contributed by atoms with Crippen LogP contribution >= 0.6 is 0 Å². The smallest absolute Gasteiger partial charge is 0.0972 e. The Labute approximate surface area is 618 Å². The van der Waals surface area contributed by atoms with Crippen molar-refractivity contribution in [3.8, 4) is 89.8 Å². The van der Waals surface area contributed by atoms with Gasteiger partial charge in [0.25, 0.3) is 0 Å². The highest BCUT2D eigenvalue weighted by Gasteiger charge is 2.17. The highest BCUT2D eigenvalue weighted by Crippen LogP contribution is 2.39. The Bertz CT molecular complexity index is 7480. The van der Waals surface area contributed by atoms with Crippen molar-refractivity contribution in [1.29, 1.82) is 0 Å². The highest BCUT2D eigenvalue weighted by molar-refractivity contribution is 6.08. The van der Waals surface area contributed by atoms with E-state index in [1.54, 1.807) is 0 Å². The molecule has 22 rings (SSSR count). The van der Waals surface area contributed by atoms with Crippen LogP contribution in [0.15, 0.2) is 352 Å². The molecule has 0 aliphatic carbocycles. The third kappa shape index (κ3) is 11.2. The lowest BCUT2D eigenvalue weighted by atomic mass is 9.95. The van der Waals surface area contributed by atoms with Gasteiger partial charge in [-0.1, -0.05) is 206 Å². The van der Waals surface area contributed by atoms with Crippen LogP contribution in [0.4, 0.5) is 0 Å². The molecule has 108 heavy (non-hydrogen) atoms. The normalized spacial score (nSPS) is 11.7. The molecular weight excluding hydrogens is 1320 g/mol. The summed E-state index contributed by atoms with van der Waals surface area (Å²) in [4.78, 5) is 49.2. The van der Waals surface area contributed by atoms with Crippen molar-refractivity contribution in [3.05, 3.63) is 352 Å². The van der Waals surface area contributed by atoms with E-state index in [9.17, 15) is 0 Å². The Morgan fingerprint density at radius 1 is 0.157 bits per heavy atom. The molecule has 0 saturated heterocycles. The van der Waals surface area contributed by atoms with Crippen molar-refractivity contribution in [2.24, 2.45) is 0 Å². The van der Waals surface area contributed by atoms with Crippen LogP contribution < -0.4 is 0 Å². The van der Waals surface area contributed by atoms with Crippen LogP contribution in [0.25, 0.3) is 220 Å². The molecule has 0 unspecified atom stereocenters. The zero-order valence-electron chi connectivity index (χ0n) is 58.0. The third-order valence-electron chi connectivity index (χ3n) is 21.0. The zero-order chi connectivity index (χ0) is 71.2. The molecule has 10 heterocycles. The van der Waals surface area contributed by atoms with Crippen LogP contribution in [0.2, 0.25) is 0 Å². The van der Waals surface area contributed by atoms with Gasteiger partial charge in [-0.2, -0.15) is 0 Å². The van der Waals surface area contributed by atoms with E-state index in [0.717, 1.165) is 220 Å². The number of rotatable bonds is 8. The van der Waals surface area contributed by atoms with Crippen LogP contribution in [0.1, 0.15) is 0 Å². The molecule has 0 aliphatic rings. The first-order valence-corrected chi connectivity index (χ1v) is 36.1. The van der Waals surface area contributed by atoms with Gasteiger partial charge in [0.15, 0.2) is 0 Å². The lowest BCUT2D eigenvalue weighted by Gasteiger charge is -2.13. The second-order valence-electron chi connectivity index (χ2n) is 27.6. The maximum Gasteiger partial charge on any atom is 0.0972 e. The summed E-state index contributed by atoms with van der Waals surface area (Å²) in [6, 6.07) is 115. The summed E-state index contributed by atoms with van der Waals surface area (Å²) in [7, 11) is 0. The van der Waals surface area contributed by atoms with Crippen LogP contribution in [-0.2, 0) is 0 Å². The first kappa shape index (κ1) is 61.9. The lowest BCUT2D eigenvalue weighted by molar-refractivity contribution is 1.35. The molecule has 0 radical (unpaired) electrons. The molecule has 10 nitrogen and oxygen atoms in total. The van der Waals surface area contributed by atoms with Crippen LogP contribution in [0, 0.1) is 0 Å². The average Bonchev–Trinajstić information content (AvgIpc) is 0.756.